The van der Waals surface area contributed by atoms with Crippen LogP contribution >= 0.6 is 22.7 Å². The van der Waals surface area contributed by atoms with Crippen LogP contribution in [0.25, 0.3) is 0 Å². The summed E-state index contributed by atoms with van der Waals surface area (Å²) in [5, 5.41) is 0. The highest BCUT2D eigenvalue weighted by Crippen LogP contribution is 2.75. The molecule has 0 unspecified atom stereocenters. The second kappa shape index (κ2) is 14.3. The molecule has 0 radical (unpaired) electrons. The number of rotatable bonds is 12. The van der Waals surface area contributed by atoms with Gasteiger partial charge in [0, 0.05) is 0 Å². The molecular formula is C37H31N2O6P3. The number of para-hydroxylation sites is 6. The largest absolute Gasteiger partial charge is 0.458 e. The Morgan fingerprint density at radius 1 is 0.292 bits per heavy atom. The van der Waals surface area contributed by atoms with E-state index in [1.165, 1.54) is 0 Å². The predicted octanol–water partition coefficient (Wildman–Crippen LogP) is 12.0. The molecule has 0 saturated carbocycles. The van der Waals surface area contributed by atoms with Crippen LogP contribution in [-0.2, 0) is 0 Å². The van der Waals surface area contributed by atoms with Gasteiger partial charge in [0.2, 0.25) is 0 Å². The summed E-state index contributed by atoms with van der Waals surface area (Å²) >= 11 is 0. The normalized spacial score (nSPS) is 15.2. The zero-order chi connectivity index (χ0) is 32.5. The third kappa shape index (κ3) is 7.87. The number of benzene rings is 6. The molecule has 0 spiro atoms. The molecule has 0 aromatic heterocycles. The van der Waals surface area contributed by atoms with Gasteiger partial charge in [0.1, 0.15) is 40.0 Å². The van der Waals surface area contributed by atoms with E-state index in [9.17, 15) is 0 Å². The first-order valence-corrected chi connectivity index (χ1v) is 19.9. The van der Waals surface area contributed by atoms with Crippen LogP contribution in [0.4, 0.5) is 0 Å². The van der Waals surface area contributed by atoms with Crippen LogP contribution in [0, 0.1) is 0 Å². The lowest BCUT2D eigenvalue weighted by Crippen LogP contribution is -2.14. The molecule has 6 aromatic rings. The monoisotopic (exact) mass is 692 g/mol. The molecular weight excluding hydrogens is 661 g/mol. The van der Waals surface area contributed by atoms with Crippen LogP contribution in [-0.4, -0.2) is 5.54 Å². The van der Waals surface area contributed by atoms with E-state index in [1.54, 1.807) is 5.54 Å². The van der Waals surface area contributed by atoms with Crippen molar-refractivity contribution in [1.29, 1.82) is 0 Å². The molecule has 48 heavy (non-hydrogen) atoms. The lowest BCUT2D eigenvalue weighted by atomic mass is 10.3. The summed E-state index contributed by atoms with van der Waals surface area (Å²) in [4.78, 5) is 0. The van der Waals surface area contributed by atoms with Crippen LogP contribution in [0.5, 0.6) is 34.5 Å². The van der Waals surface area contributed by atoms with Gasteiger partial charge >= 0.3 is 22.7 Å². The molecule has 11 heteroatoms. The molecule has 0 N–H and O–H groups in total. The smallest absolute Gasteiger partial charge is 0.427 e. The second-order valence-corrected chi connectivity index (χ2v) is 17.0. The maximum absolute atomic E-state index is 6.85. The zero-order valence-corrected chi connectivity index (χ0v) is 28.3. The van der Waals surface area contributed by atoms with Gasteiger partial charge in [-0.3, -0.25) is 0 Å². The quantitative estimate of drug-likeness (QED) is 0.119. The predicted molar refractivity (Wildman–Crippen MR) is 194 cm³/mol. The fourth-order valence-corrected chi connectivity index (χ4v) is 14.8. The fraction of sp³-hybridized carbons (Fsp3) is 0. The lowest BCUT2D eigenvalue weighted by Gasteiger charge is -2.34. The summed E-state index contributed by atoms with van der Waals surface area (Å²) in [7, 11) is -11.0. The number of hydrogen-bond donors (Lipinski definition) is 0. The van der Waals surface area contributed by atoms with Crippen LogP contribution in [0.2, 0.25) is 0 Å². The van der Waals surface area contributed by atoms with E-state index < -0.39 is 22.7 Å². The minimum Gasteiger partial charge on any atom is -0.427 e. The summed E-state index contributed by atoms with van der Waals surface area (Å²) in [5.74, 6) is 3.09. The molecule has 0 amide bonds. The van der Waals surface area contributed by atoms with Crippen LogP contribution in [0.1, 0.15) is 0 Å². The second-order valence-electron chi connectivity index (χ2n) is 10.3. The first kappa shape index (κ1) is 31.5. The zero-order valence-electron chi connectivity index (χ0n) is 25.6. The van der Waals surface area contributed by atoms with Gasteiger partial charge in [0.15, 0.2) is 0 Å². The Balaban J connectivity index is 1.55. The van der Waals surface area contributed by atoms with E-state index in [2.05, 4.69) is 0 Å². The third-order valence-corrected chi connectivity index (χ3v) is 15.5. The summed E-state index contributed by atoms with van der Waals surface area (Å²) in [6.45, 7) is 0. The Morgan fingerprint density at radius 3 is 0.875 bits per heavy atom. The van der Waals surface area contributed by atoms with E-state index in [0.717, 1.165) is 0 Å². The van der Waals surface area contributed by atoms with Gasteiger partial charge in [-0.25, -0.2) is 0 Å². The Kier molecular flexibility index (Phi) is 9.40. The molecule has 8 nitrogen and oxygen atoms in total. The van der Waals surface area contributed by atoms with Gasteiger partial charge in [-0.15, -0.1) is 9.03 Å². The Morgan fingerprint density at radius 2 is 0.562 bits per heavy atom. The number of hydrogen-bond acceptors (Lipinski definition) is 8. The van der Waals surface area contributed by atoms with Crippen molar-refractivity contribution in [3.8, 4) is 34.5 Å². The number of nitrogens with zero attached hydrogens (tertiary/aromatic N) is 2. The van der Waals surface area contributed by atoms with E-state index in [4.69, 9.17) is 36.2 Å². The highest BCUT2D eigenvalue weighted by Gasteiger charge is 2.46. The van der Waals surface area contributed by atoms with Crippen molar-refractivity contribution in [1.82, 2.24) is 0 Å². The van der Waals surface area contributed by atoms with Gasteiger partial charge in [0.25, 0.3) is 0 Å². The van der Waals surface area contributed by atoms with Crippen molar-refractivity contribution in [2.45, 2.75) is 0 Å². The molecule has 0 saturated heterocycles. The highest BCUT2D eigenvalue weighted by molar-refractivity contribution is 7.94. The minimum atomic E-state index is -3.81. The van der Waals surface area contributed by atoms with Crippen LogP contribution in [0.3, 0.4) is 0 Å². The van der Waals surface area contributed by atoms with Crippen molar-refractivity contribution < 1.29 is 27.1 Å². The van der Waals surface area contributed by atoms with Gasteiger partial charge < -0.3 is 27.1 Å². The highest BCUT2D eigenvalue weighted by atomic mass is 31.3. The van der Waals surface area contributed by atoms with E-state index in [0.29, 0.717) is 34.5 Å². The van der Waals surface area contributed by atoms with Crippen molar-refractivity contribution in [2.24, 2.45) is 9.03 Å². The molecule has 0 aliphatic carbocycles. The Labute approximate surface area is 280 Å². The third-order valence-electron chi connectivity index (χ3n) is 6.62. The topological polar surface area (TPSA) is 80.1 Å². The molecule has 0 fully saturated rings. The van der Waals surface area contributed by atoms with Gasteiger partial charge in [-0.05, 0) is 72.8 Å². The maximum Gasteiger partial charge on any atom is 0.458 e. The Hall–Kier alpha value is -5.12. The molecule has 7 rings (SSSR count). The molecule has 1 aliphatic heterocycles. The van der Waals surface area contributed by atoms with E-state index in [-0.39, 0.29) is 0 Å². The minimum absolute atomic E-state index is 0.492. The van der Waals surface area contributed by atoms with Crippen molar-refractivity contribution in [2.75, 3.05) is 0 Å². The average Bonchev–Trinajstić information content (AvgIpc) is 3.10. The molecule has 0 bridgehead atoms. The molecule has 0 atom stereocenters. The van der Waals surface area contributed by atoms with Crippen LogP contribution in [0.15, 0.2) is 191 Å². The Bertz CT molecular complexity index is 1710. The summed E-state index contributed by atoms with van der Waals surface area (Å²) in [6.07, 6.45) is 0. The van der Waals surface area contributed by atoms with Gasteiger partial charge in [-0.1, -0.05) is 109 Å². The molecule has 1 aliphatic rings. The SMILES string of the molecule is C1=P(Oc2ccccc2)(Oc2ccccc2)N=P(Oc2ccccc2)(Oc2ccccc2)N=P1(Oc1ccccc1)Oc1ccccc1. The van der Waals surface area contributed by atoms with Crippen molar-refractivity contribution in [3.63, 3.8) is 0 Å². The molecule has 1 heterocycles. The first-order chi connectivity index (χ1) is 23.6. The molecule has 240 valence electrons. The molecule has 6 aromatic carbocycles. The average molecular weight is 693 g/mol. The summed E-state index contributed by atoms with van der Waals surface area (Å²) in [6, 6.07) is 56.1. The van der Waals surface area contributed by atoms with E-state index in [1.807, 2.05) is 182 Å². The van der Waals surface area contributed by atoms with E-state index >= 15 is 0 Å². The van der Waals surface area contributed by atoms with Crippen molar-refractivity contribution in [3.05, 3.63) is 182 Å². The van der Waals surface area contributed by atoms with Crippen molar-refractivity contribution >= 4 is 28.2 Å². The maximum atomic E-state index is 6.85. The summed E-state index contributed by atoms with van der Waals surface area (Å²) < 4.78 is 51.5. The first-order valence-electron chi connectivity index (χ1n) is 15.1. The summed E-state index contributed by atoms with van der Waals surface area (Å²) in [5.41, 5.74) is 1.76. The van der Waals surface area contributed by atoms with Gasteiger partial charge in [-0.2, -0.15) is 0 Å². The van der Waals surface area contributed by atoms with Gasteiger partial charge in [0.05, 0.1) is 0 Å². The fourth-order valence-electron chi connectivity index (χ4n) is 4.63. The lowest BCUT2D eigenvalue weighted by molar-refractivity contribution is 0.457. The van der Waals surface area contributed by atoms with Crippen LogP contribution < -0.4 is 27.1 Å². The standard InChI is InChI=1S/C37H31N2O6P3/c1-7-19-32(20-8-1)40-46(41-33-21-9-2-10-22-33)31-47(42-34-23-11-3-12-24-34,43-35-25-13-4-14-26-35)39-48(38-46,44-36-27-15-5-16-28-36)45-37-29-17-6-18-30-37/h1-31H.